The van der Waals surface area contributed by atoms with Crippen molar-refractivity contribution in [1.82, 2.24) is 0 Å². The van der Waals surface area contributed by atoms with Gasteiger partial charge in [-0.1, -0.05) is 18.2 Å². The number of ether oxygens (including phenoxy) is 1. The molecule has 0 aliphatic carbocycles. The van der Waals surface area contributed by atoms with Crippen molar-refractivity contribution in [2.45, 2.75) is 6.10 Å². The van der Waals surface area contributed by atoms with Gasteiger partial charge in [-0.05, 0) is 24.3 Å². The van der Waals surface area contributed by atoms with Crippen LogP contribution in [-0.4, -0.2) is 12.2 Å². The van der Waals surface area contributed by atoms with Gasteiger partial charge in [0.2, 0.25) is 0 Å². The fraction of sp³-hybridized carbons (Fsp3) is 0.125. The average molecular weight is 272 g/mol. The molecule has 0 saturated heterocycles. The molecule has 0 bridgehead atoms. The molecule has 4 heteroatoms. The fourth-order valence-corrected chi connectivity index (χ4v) is 2.30. The molecule has 0 aliphatic heterocycles. The van der Waals surface area contributed by atoms with Crippen LogP contribution in [0.25, 0.3) is 11.0 Å². The predicted octanol–water partition coefficient (Wildman–Crippen LogP) is 3.66. The van der Waals surface area contributed by atoms with Gasteiger partial charge in [0.1, 0.15) is 23.3 Å². The largest absolute Gasteiger partial charge is 0.496 e. The van der Waals surface area contributed by atoms with Crippen LogP contribution in [0.5, 0.6) is 5.75 Å². The monoisotopic (exact) mass is 272 g/mol. The molecule has 0 spiro atoms. The van der Waals surface area contributed by atoms with E-state index in [0.717, 1.165) is 5.39 Å². The molecule has 3 aromatic rings. The van der Waals surface area contributed by atoms with E-state index in [2.05, 4.69) is 0 Å². The van der Waals surface area contributed by atoms with E-state index in [9.17, 15) is 9.50 Å². The van der Waals surface area contributed by atoms with Gasteiger partial charge in [0.05, 0.1) is 13.4 Å². The van der Waals surface area contributed by atoms with Gasteiger partial charge < -0.3 is 14.3 Å². The molecular formula is C16H13FO3. The molecule has 1 N–H and O–H groups in total. The highest BCUT2D eigenvalue weighted by Gasteiger charge is 2.20. The van der Waals surface area contributed by atoms with Crippen LogP contribution in [0.15, 0.2) is 53.1 Å². The lowest BCUT2D eigenvalue weighted by Crippen LogP contribution is -2.02. The van der Waals surface area contributed by atoms with Gasteiger partial charge in [-0.15, -0.1) is 0 Å². The summed E-state index contributed by atoms with van der Waals surface area (Å²) < 4.78 is 24.0. The van der Waals surface area contributed by atoms with Gasteiger partial charge in [-0.2, -0.15) is 0 Å². The first-order valence-electron chi connectivity index (χ1n) is 6.18. The first-order chi connectivity index (χ1) is 9.70. The first-order valence-corrected chi connectivity index (χ1v) is 6.18. The second-order valence-electron chi connectivity index (χ2n) is 4.48. The standard InChI is InChI=1S/C16H13FO3/c1-19-14-7-6-10(17)8-12(14)16(18)13-9-20-15-5-3-2-4-11(13)15/h2-9,16,18H,1H3. The molecule has 3 rings (SSSR count). The van der Waals surface area contributed by atoms with E-state index in [1.165, 1.54) is 31.6 Å². The number of hydrogen-bond acceptors (Lipinski definition) is 3. The Morgan fingerprint density at radius 3 is 2.75 bits per heavy atom. The van der Waals surface area contributed by atoms with E-state index >= 15 is 0 Å². The third kappa shape index (κ3) is 2.04. The maximum absolute atomic E-state index is 13.4. The molecule has 1 aromatic heterocycles. The Labute approximate surface area is 115 Å². The van der Waals surface area contributed by atoms with Crippen molar-refractivity contribution in [3.05, 3.63) is 65.7 Å². The Kier molecular flexibility index (Phi) is 3.16. The van der Waals surface area contributed by atoms with Crippen molar-refractivity contribution in [3.63, 3.8) is 0 Å². The second-order valence-corrected chi connectivity index (χ2v) is 4.48. The van der Waals surface area contributed by atoms with Crippen molar-refractivity contribution >= 4 is 11.0 Å². The van der Waals surface area contributed by atoms with E-state index in [4.69, 9.17) is 9.15 Å². The predicted molar refractivity (Wildman–Crippen MR) is 73.2 cm³/mol. The maximum Gasteiger partial charge on any atom is 0.134 e. The number of rotatable bonds is 3. The number of aliphatic hydroxyl groups excluding tert-OH is 1. The zero-order valence-electron chi connectivity index (χ0n) is 10.8. The SMILES string of the molecule is COc1ccc(F)cc1C(O)c1coc2ccccc12. The van der Waals surface area contributed by atoms with Crippen LogP contribution >= 0.6 is 0 Å². The highest BCUT2D eigenvalue weighted by Crippen LogP contribution is 2.35. The van der Waals surface area contributed by atoms with Gasteiger partial charge >= 0.3 is 0 Å². The molecule has 2 aromatic carbocycles. The zero-order valence-corrected chi connectivity index (χ0v) is 10.8. The van der Waals surface area contributed by atoms with E-state index in [1.54, 1.807) is 0 Å². The van der Waals surface area contributed by atoms with Crippen LogP contribution in [0.3, 0.4) is 0 Å². The minimum absolute atomic E-state index is 0.374. The number of furan rings is 1. The van der Waals surface area contributed by atoms with Crippen molar-refractivity contribution < 1.29 is 18.7 Å². The van der Waals surface area contributed by atoms with E-state index in [-0.39, 0.29) is 0 Å². The van der Waals surface area contributed by atoms with Crippen LogP contribution in [-0.2, 0) is 0 Å². The van der Waals surface area contributed by atoms with E-state index in [0.29, 0.717) is 22.5 Å². The number of fused-ring (bicyclic) bond motifs is 1. The molecule has 1 heterocycles. The van der Waals surface area contributed by atoms with Gasteiger partial charge in [-0.3, -0.25) is 0 Å². The number of benzene rings is 2. The molecule has 0 radical (unpaired) electrons. The molecular weight excluding hydrogens is 259 g/mol. The molecule has 0 saturated carbocycles. The Morgan fingerprint density at radius 2 is 1.95 bits per heavy atom. The van der Waals surface area contributed by atoms with Crippen molar-refractivity contribution in [2.75, 3.05) is 7.11 Å². The van der Waals surface area contributed by atoms with Gasteiger partial charge in [0, 0.05) is 16.5 Å². The summed E-state index contributed by atoms with van der Waals surface area (Å²) >= 11 is 0. The van der Waals surface area contributed by atoms with Gasteiger partial charge in [0.15, 0.2) is 0 Å². The molecule has 1 unspecified atom stereocenters. The summed E-state index contributed by atoms with van der Waals surface area (Å²) in [6, 6.07) is 11.4. The minimum atomic E-state index is -1.01. The number of methoxy groups -OCH3 is 1. The summed E-state index contributed by atoms with van der Waals surface area (Å²) in [7, 11) is 1.48. The number of halogens is 1. The van der Waals surface area contributed by atoms with Crippen LogP contribution in [0.4, 0.5) is 4.39 Å². The first kappa shape index (κ1) is 12.7. The second kappa shape index (κ2) is 4.98. The third-order valence-electron chi connectivity index (χ3n) is 3.29. The Morgan fingerprint density at radius 1 is 1.15 bits per heavy atom. The van der Waals surface area contributed by atoms with Crippen LogP contribution in [0.2, 0.25) is 0 Å². The summed E-state index contributed by atoms with van der Waals surface area (Å²) in [5.41, 5.74) is 1.64. The van der Waals surface area contributed by atoms with Gasteiger partial charge in [0.25, 0.3) is 0 Å². The summed E-state index contributed by atoms with van der Waals surface area (Å²) in [5, 5.41) is 11.3. The molecule has 0 amide bonds. The molecule has 3 nitrogen and oxygen atoms in total. The highest BCUT2D eigenvalue weighted by molar-refractivity contribution is 5.81. The normalized spacial score (nSPS) is 12.6. The van der Waals surface area contributed by atoms with E-state index < -0.39 is 11.9 Å². The maximum atomic E-state index is 13.4. The topological polar surface area (TPSA) is 42.6 Å². The number of aliphatic hydroxyl groups is 1. The van der Waals surface area contributed by atoms with Gasteiger partial charge in [-0.25, -0.2) is 4.39 Å². The molecule has 0 fully saturated rings. The summed E-state index contributed by atoms with van der Waals surface area (Å²) in [6.45, 7) is 0. The lowest BCUT2D eigenvalue weighted by atomic mass is 10.00. The van der Waals surface area contributed by atoms with Crippen molar-refractivity contribution in [2.24, 2.45) is 0 Å². The quantitative estimate of drug-likeness (QED) is 0.791. The van der Waals surface area contributed by atoms with Crippen LogP contribution in [0.1, 0.15) is 17.2 Å². The zero-order chi connectivity index (χ0) is 14.1. The molecule has 102 valence electrons. The minimum Gasteiger partial charge on any atom is -0.496 e. The average Bonchev–Trinajstić information content (AvgIpc) is 2.90. The van der Waals surface area contributed by atoms with Crippen LogP contribution in [0, 0.1) is 5.82 Å². The lowest BCUT2D eigenvalue weighted by molar-refractivity contribution is 0.214. The highest BCUT2D eigenvalue weighted by atomic mass is 19.1. The summed E-state index contributed by atoms with van der Waals surface area (Å²) in [4.78, 5) is 0. The van der Waals surface area contributed by atoms with Crippen molar-refractivity contribution in [3.8, 4) is 5.75 Å². The van der Waals surface area contributed by atoms with E-state index in [1.807, 2.05) is 24.3 Å². The van der Waals surface area contributed by atoms with Crippen LogP contribution < -0.4 is 4.74 Å². The Hall–Kier alpha value is -2.33. The molecule has 1 atom stereocenters. The number of para-hydroxylation sites is 1. The Bertz CT molecular complexity index is 748. The fourth-order valence-electron chi connectivity index (χ4n) is 2.30. The molecule has 20 heavy (non-hydrogen) atoms. The summed E-state index contributed by atoms with van der Waals surface area (Å²) in [6.07, 6.45) is 0.476. The van der Waals surface area contributed by atoms with Crippen molar-refractivity contribution in [1.29, 1.82) is 0 Å². The Balaban J connectivity index is 2.13. The molecule has 0 aliphatic rings. The third-order valence-corrected chi connectivity index (χ3v) is 3.29. The summed E-state index contributed by atoms with van der Waals surface area (Å²) in [5.74, 6) is 0.0110. The number of hydrogen-bond donors (Lipinski definition) is 1. The lowest BCUT2D eigenvalue weighted by Gasteiger charge is -2.14. The smallest absolute Gasteiger partial charge is 0.134 e.